The minimum atomic E-state index is -0.458. The molecule has 0 aliphatic carbocycles. The van der Waals surface area contributed by atoms with E-state index in [1.54, 1.807) is 48.7 Å². The van der Waals surface area contributed by atoms with E-state index in [0.717, 1.165) is 5.56 Å². The van der Waals surface area contributed by atoms with Gasteiger partial charge in [0.25, 0.3) is 5.89 Å². The van der Waals surface area contributed by atoms with Gasteiger partial charge in [0.15, 0.2) is 18.2 Å². The molecule has 0 amide bonds. The largest absolute Gasteiger partial charge is 0.454 e. The summed E-state index contributed by atoms with van der Waals surface area (Å²) >= 11 is 0. The Bertz CT molecular complexity index is 1110. The molecule has 0 fully saturated rings. The average Bonchev–Trinajstić information content (AvgIpc) is 3.23. The first kappa shape index (κ1) is 18.4. The molecule has 144 valence electrons. The van der Waals surface area contributed by atoms with Gasteiger partial charge in [-0.25, -0.2) is 4.39 Å². The van der Waals surface area contributed by atoms with Gasteiger partial charge in [-0.3, -0.25) is 0 Å². The van der Waals surface area contributed by atoms with Crippen molar-refractivity contribution >= 4 is 6.21 Å². The fourth-order valence-electron chi connectivity index (χ4n) is 2.54. The van der Waals surface area contributed by atoms with Crippen molar-refractivity contribution in [2.75, 3.05) is 0 Å². The Kier molecular flexibility index (Phi) is 5.57. The molecule has 0 bridgehead atoms. The van der Waals surface area contributed by atoms with Crippen LogP contribution < -0.4 is 4.74 Å². The number of benzene rings is 3. The second kappa shape index (κ2) is 8.79. The third kappa shape index (κ3) is 4.65. The molecule has 0 saturated heterocycles. The second-order valence-corrected chi connectivity index (χ2v) is 5.96. The van der Waals surface area contributed by atoms with Crippen molar-refractivity contribution in [3.63, 3.8) is 0 Å². The number of ether oxygens (including phenoxy) is 1. The van der Waals surface area contributed by atoms with E-state index in [0.29, 0.717) is 17.1 Å². The summed E-state index contributed by atoms with van der Waals surface area (Å²) in [5.74, 6) is 0.629. The van der Waals surface area contributed by atoms with Crippen LogP contribution in [0.15, 0.2) is 88.5 Å². The minimum absolute atomic E-state index is 0.0205. The molecule has 7 heteroatoms. The van der Waals surface area contributed by atoms with E-state index in [1.807, 2.05) is 30.3 Å². The number of halogens is 1. The van der Waals surface area contributed by atoms with Gasteiger partial charge < -0.3 is 14.1 Å². The molecule has 0 aliphatic heterocycles. The first-order chi connectivity index (χ1) is 14.3. The molecule has 1 aromatic heterocycles. The molecule has 0 aliphatic rings. The van der Waals surface area contributed by atoms with E-state index in [-0.39, 0.29) is 18.2 Å². The van der Waals surface area contributed by atoms with Crippen molar-refractivity contribution < 1.29 is 18.5 Å². The quantitative estimate of drug-likeness (QED) is 0.320. The molecule has 4 rings (SSSR count). The number of aromatic nitrogens is 2. The standard InChI is InChI=1S/C22H16FN3O3/c23-18-11-5-7-13-20(18)28-19-12-6-4-10-17(19)22-25-21(29-26-22)15-27-24-14-16-8-2-1-3-9-16/h1-14H,15H2. The van der Waals surface area contributed by atoms with Gasteiger partial charge in [-0.15, -0.1) is 0 Å². The zero-order valence-corrected chi connectivity index (χ0v) is 15.2. The Balaban J connectivity index is 1.45. The van der Waals surface area contributed by atoms with E-state index in [2.05, 4.69) is 15.3 Å². The maximum absolute atomic E-state index is 13.9. The van der Waals surface area contributed by atoms with Gasteiger partial charge in [-0.05, 0) is 29.8 Å². The summed E-state index contributed by atoms with van der Waals surface area (Å²) in [4.78, 5) is 9.51. The Labute approximate surface area is 166 Å². The third-order valence-electron chi connectivity index (χ3n) is 3.92. The zero-order chi connectivity index (χ0) is 19.9. The lowest BCUT2D eigenvalue weighted by molar-refractivity contribution is 0.107. The fourth-order valence-corrected chi connectivity index (χ4v) is 2.54. The molecule has 1 heterocycles. The highest BCUT2D eigenvalue weighted by Gasteiger charge is 2.15. The molecule has 0 radical (unpaired) electrons. The average molecular weight is 389 g/mol. The number of hydrogen-bond acceptors (Lipinski definition) is 6. The normalized spacial score (nSPS) is 10.9. The van der Waals surface area contributed by atoms with E-state index in [9.17, 15) is 4.39 Å². The first-order valence-electron chi connectivity index (χ1n) is 8.84. The Morgan fingerprint density at radius 2 is 1.62 bits per heavy atom. The van der Waals surface area contributed by atoms with E-state index >= 15 is 0 Å². The molecule has 0 N–H and O–H groups in total. The SMILES string of the molecule is Fc1ccccc1Oc1ccccc1-c1noc(CON=Cc2ccccc2)n1. The maximum Gasteiger partial charge on any atom is 0.267 e. The first-order valence-corrected chi connectivity index (χ1v) is 8.84. The van der Waals surface area contributed by atoms with Crippen LogP contribution in [0.1, 0.15) is 11.5 Å². The fraction of sp³-hybridized carbons (Fsp3) is 0.0455. The molecule has 0 unspecified atom stereocenters. The topological polar surface area (TPSA) is 69.7 Å². The lowest BCUT2D eigenvalue weighted by Gasteiger charge is -2.09. The minimum Gasteiger partial charge on any atom is -0.454 e. The highest BCUT2D eigenvalue weighted by molar-refractivity contribution is 5.78. The zero-order valence-electron chi connectivity index (χ0n) is 15.2. The summed E-state index contributed by atoms with van der Waals surface area (Å²) in [6.45, 7) is 0.0205. The van der Waals surface area contributed by atoms with Crippen LogP contribution in [0.2, 0.25) is 0 Å². The predicted octanol–water partition coefficient (Wildman–Crippen LogP) is 5.22. The summed E-state index contributed by atoms with van der Waals surface area (Å²) in [6.07, 6.45) is 1.59. The highest BCUT2D eigenvalue weighted by Crippen LogP contribution is 2.32. The van der Waals surface area contributed by atoms with Crippen molar-refractivity contribution in [2.24, 2.45) is 5.16 Å². The summed E-state index contributed by atoms with van der Waals surface area (Å²) in [5, 5.41) is 7.84. The van der Waals surface area contributed by atoms with Gasteiger partial charge in [-0.1, -0.05) is 64.9 Å². The summed E-state index contributed by atoms with van der Waals surface area (Å²) in [7, 11) is 0. The van der Waals surface area contributed by atoms with Crippen LogP contribution in [0, 0.1) is 5.82 Å². The van der Waals surface area contributed by atoms with Crippen molar-refractivity contribution in [2.45, 2.75) is 6.61 Å². The van der Waals surface area contributed by atoms with E-state index in [4.69, 9.17) is 14.1 Å². The van der Waals surface area contributed by atoms with Crippen LogP contribution in [-0.2, 0) is 11.4 Å². The van der Waals surface area contributed by atoms with Crippen LogP contribution >= 0.6 is 0 Å². The Morgan fingerprint density at radius 1 is 0.897 bits per heavy atom. The molecule has 0 atom stereocenters. The van der Waals surface area contributed by atoms with Crippen molar-refractivity contribution in [1.29, 1.82) is 0 Å². The predicted molar refractivity (Wildman–Crippen MR) is 105 cm³/mol. The third-order valence-corrected chi connectivity index (χ3v) is 3.92. The van der Waals surface area contributed by atoms with Crippen molar-refractivity contribution in [3.8, 4) is 22.9 Å². The van der Waals surface area contributed by atoms with Gasteiger partial charge >= 0.3 is 0 Å². The maximum atomic E-state index is 13.9. The van der Waals surface area contributed by atoms with Crippen LogP contribution in [0.5, 0.6) is 11.5 Å². The molecule has 0 saturated carbocycles. The lowest BCUT2D eigenvalue weighted by atomic mass is 10.2. The highest BCUT2D eigenvalue weighted by atomic mass is 19.1. The number of oxime groups is 1. The summed E-state index contributed by atoms with van der Waals surface area (Å²) < 4.78 is 24.8. The molecule has 29 heavy (non-hydrogen) atoms. The van der Waals surface area contributed by atoms with Crippen LogP contribution in [0.3, 0.4) is 0 Å². The van der Waals surface area contributed by atoms with Crippen molar-refractivity contribution in [1.82, 2.24) is 10.1 Å². The van der Waals surface area contributed by atoms with Gasteiger partial charge in [0, 0.05) is 0 Å². The Morgan fingerprint density at radius 3 is 2.45 bits per heavy atom. The molecule has 4 aromatic rings. The molecule has 3 aromatic carbocycles. The van der Waals surface area contributed by atoms with Gasteiger partial charge in [0.05, 0.1) is 11.8 Å². The van der Waals surface area contributed by atoms with Crippen molar-refractivity contribution in [3.05, 3.63) is 96.1 Å². The van der Waals surface area contributed by atoms with Gasteiger partial charge in [0.1, 0.15) is 5.75 Å². The van der Waals surface area contributed by atoms with E-state index in [1.165, 1.54) is 6.07 Å². The summed E-state index contributed by atoms with van der Waals surface area (Å²) in [6, 6.07) is 22.8. The lowest BCUT2D eigenvalue weighted by Crippen LogP contribution is -1.92. The molecular formula is C22H16FN3O3. The molecule has 6 nitrogen and oxygen atoms in total. The number of rotatable bonds is 7. The smallest absolute Gasteiger partial charge is 0.267 e. The molecule has 0 spiro atoms. The Hall–Kier alpha value is -4.00. The van der Waals surface area contributed by atoms with Gasteiger partial charge in [0.2, 0.25) is 5.82 Å². The van der Waals surface area contributed by atoms with Crippen LogP contribution in [0.4, 0.5) is 4.39 Å². The van der Waals surface area contributed by atoms with Crippen LogP contribution in [-0.4, -0.2) is 16.4 Å². The summed E-state index contributed by atoms with van der Waals surface area (Å²) in [5.41, 5.74) is 1.48. The monoisotopic (exact) mass is 389 g/mol. The van der Waals surface area contributed by atoms with Crippen LogP contribution in [0.25, 0.3) is 11.4 Å². The number of hydrogen-bond donors (Lipinski definition) is 0. The number of para-hydroxylation sites is 2. The number of nitrogens with zero attached hydrogens (tertiary/aromatic N) is 3. The molecular weight excluding hydrogens is 373 g/mol. The second-order valence-electron chi connectivity index (χ2n) is 5.96. The van der Waals surface area contributed by atoms with E-state index < -0.39 is 5.82 Å². The van der Waals surface area contributed by atoms with Gasteiger partial charge in [-0.2, -0.15) is 4.98 Å².